The summed E-state index contributed by atoms with van der Waals surface area (Å²) < 4.78 is 0. The summed E-state index contributed by atoms with van der Waals surface area (Å²) in [6.07, 6.45) is 0. The van der Waals surface area contributed by atoms with E-state index in [0.717, 1.165) is 25.3 Å². The van der Waals surface area contributed by atoms with Crippen LogP contribution in [0.5, 0.6) is 0 Å². The molecule has 0 unspecified atom stereocenters. The van der Waals surface area contributed by atoms with Gasteiger partial charge in [-0.1, -0.05) is 0 Å². The SMILES string of the molecule is Cc1cc(C(=N)N)nc(N2CCN(C)C(C)(C)C2)n1. The monoisotopic (exact) mass is 262 g/mol. The van der Waals surface area contributed by atoms with Gasteiger partial charge in [0, 0.05) is 30.9 Å². The zero-order valence-electron chi connectivity index (χ0n) is 12.1. The van der Waals surface area contributed by atoms with Crippen LogP contribution in [0.3, 0.4) is 0 Å². The fraction of sp³-hybridized carbons (Fsp3) is 0.615. The van der Waals surface area contributed by atoms with Gasteiger partial charge in [0.1, 0.15) is 11.5 Å². The van der Waals surface area contributed by atoms with E-state index in [4.69, 9.17) is 11.1 Å². The third kappa shape index (κ3) is 2.84. The minimum atomic E-state index is -0.0138. The second-order valence-corrected chi connectivity index (χ2v) is 5.76. The molecule has 19 heavy (non-hydrogen) atoms. The number of nitrogen functional groups attached to an aromatic ring is 1. The average Bonchev–Trinajstić information content (AvgIpc) is 2.31. The van der Waals surface area contributed by atoms with Crippen LogP contribution in [-0.4, -0.2) is 52.9 Å². The second-order valence-electron chi connectivity index (χ2n) is 5.76. The number of rotatable bonds is 2. The van der Waals surface area contributed by atoms with Gasteiger partial charge in [0.25, 0.3) is 0 Å². The molecule has 0 aliphatic carbocycles. The molecule has 2 heterocycles. The number of hydrogen-bond donors (Lipinski definition) is 2. The Balaban J connectivity index is 2.30. The van der Waals surface area contributed by atoms with E-state index in [1.807, 2.05) is 6.92 Å². The quantitative estimate of drug-likeness (QED) is 0.602. The number of anilines is 1. The predicted octanol–water partition coefficient (Wildman–Crippen LogP) is 0.599. The van der Waals surface area contributed by atoms with E-state index in [-0.39, 0.29) is 11.4 Å². The second kappa shape index (κ2) is 4.77. The molecule has 0 amide bonds. The van der Waals surface area contributed by atoms with Crippen molar-refractivity contribution in [3.8, 4) is 0 Å². The topological polar surface area (TPSA) is 82.1 Å². The van der Waals surface area contributed by atoms with Crippen molar-refractivity contribution in [2.45, 2.75) is 26.3 Å². The number of hydrogen-bond acceptors (Lipinski definition) is 5. The molecule has 1 aliphatic rings. The summed E-state index contributed by atoms with van der Waals surface area (Å²) in [5.41, 5.74) is 6.95. The number of piperazine rings is 1. The molecule has 104 valence electrons. The highest BCUT2D eigenvalue weighted by Crippen LogP contribution is 2.22. The first-order valence-electron chi connectivity index (χ1n) is 6.46. The molecule has 0 atom stereocenters. The Kier molecular flexibility index (Phi) is 3.45. The van der Waals surface area contributed by atoms with Crippen LogP contribution in [0.1, 0.15) is 25.2 Å². The molecule has 6 nitrogen and oxygen atoms in total. The maximum atomic E-state index is 7.51. The Morgan fingerprint density at radius 2 is 2.05 bits per heavy atom. The van der Waals surface area contributed by atoms with Crippen molar-refractivity contribution in [3.63, 3.8) is 0 Å². The Morgan fingerprint density at radius 1 is 1.37 bits per heavy atom. The first-order valence-corrected chi connectivity index (χ1v) is 6.46. The predicted molar refractivity (Wildman–Crippen MR) is 76.7 cm³/mol. The molecule has 1 fully saturated rings. The summed E-state index contributed by atoms with van der Waals surface area (Å²) >= 11 is 0. The minimum Gasteiger partial charge on any atom is -0.382 e. The summed E-state index contributed by atoms with van der Waals surface area (Å²) in [5.74, 6) is 0.659. The van der Waals surface area contributed by atoms with Crippen LogP contribution in [0.25, 0.3) is 0 Å². The normalized spacial score (nSPS) is 19.5. The number of nitrogens with two attached hydrogens (primary N) is 1. The van der Waals surface area contributed by atoms with E-state index < -0.39 is 0 Å². The molecule has 1 aromatic heterocycles. The molecular weight excluding hydrogens is 240 g/mol. The van der Waals surface area contributed by atoms with Crippen LogP contribution < -0.4 is 10.6 Å². The molecule has 0 spiro atoms. The molecule has 2 rings (SSSR count). The molecule has 1 saturated heterocycles. The number of aryl methyl sites for hydroxylation is 1. The Bertz CT molecular complexity index is 496. The maximum Gasteiger partial charge on any atom is 0.226 e. The lowest BCUT2D eigenvalue weighted by Crippen LogP contribution is -2.58. The van der Waals surface area contributed by atoms with Crippen molar-refractivity contribution in [2.24, 2.45) is 5.73 Å². The van der Waals surface area contributed by atoms with Crippen LogP contribution in [-0.2, 0) is 0 Å². The van der Waals surface area contributed by atoms with E-state index in [1.54, 1.807) is 6.07 Å². The standard InChI is InChI=1S/C13H22N6/c1-9-7-10(11(14)15)17-12(16-9)19-6-5-18(4)13(2,3)8-19/h7H,5-6,8H2,1-4H3,(H3,14,15). The van der Waals surface area contributed by atoms with Crippen molar-refractivity contribution in [3.05, 3.63) is 17.5 Å². The fourth-order valence-corrected chi connectivity index (χ4v) is 2.24. The first kappa shape index (κ1) is 13.7. The number of aromatic nitrogens is 2. The highest BCUT2D eigenvalue weighted by molar-refractivity contribution is 5.93. The van der Waals surface area contributed by atoms with Gasteiger partial charge in [0.2, 0.25) is 5.95 Å². The molecular formula is C13H22N6. The molecule has 1 aromatic rings. The maximum absolute atomic E-state index is 7.51. The zero-order valence-corrected chi connectivity index (χ0v) is 12.1. The van der Waals surface area contributed by atoms with Gasteiger partial charge in [-0.05, 0) is 33.9 Å². The van der Waals surface area contributed by atoms with Gasteiger partial charge in [-0.25, -0.2) is 9.97 Å². The van der Waals surface area contributed by atoms with Gasteiger partial charge < -0.3 is 10.6 Å². The molecule has 0 aromatic carbocycles. The highest BCUT2D eigenvalue weighted by Gasteiger charge is 2.32. The molecule has 0 radical (unpaired) electrons. The summed E-state index contributed by atoms with van der Waals surface area (Å²) in [6, 6.07) is 1.74. The van der Waals surface area contributed by atoms with Crippen molar-refractivity contribution in [1.29, 1.82) is 5.41 Å². The van der Waals surface area contributed by atoms with Crippen LogP contribution in [0.4, 0.5) is 5.95 Å². The van der Waals surface area contributed by atoms with Gasteiger partial charge in [-0.3, -0.25) is 10.3 Å². The lowest BCUT2D eigenvalue weighted by Gasteiger charge is -2.45. The van der Waals surface area contributed by atoms with Crippen molar-refractivity contribution in [2.75, 3.05) is 31.6 Å². The Morgan fingerprint density at radius 3 is 2.63 bits per heavy atom. The van der Waals surface area contributed by atoms with Crippen molar-refractivity contribution < 1.29 is 0 Å². The number of likely N-dealkylation sites (N-methyl/N-ethyl adjacent to an activating group) is 1. The van der Waals surface area contributed by atoms with Gasteiger partial charge in [-0.2, -0.15) is 0 Å². The largest absolute Gasteiger partial charge is 0.382 e. The highest BCUT2D eigenvalue weighted by atomic mass is 15.3. The first-order chi connectivity index (χ1) is 8.79. The van der Waals surface area contributed by atoms with Gasteiger partial charge >= 0.3 is 0 Å². The van der Waals surface area contributed by atoms with Crippen LogP contribution in [0, 0.1) is 12.3 Å². The number of amidine groups is 1. The number of nitrogens with one attached hydrogen (secondary N) is 1. The zero-order chi connectivity index (χ0) is 14.2. The van der Waals surface area contributed by atoms with E-state index in [0.29, 0.717) is 11.6 Å². The van der Waals surface area contributed by atoms with Crippen LogP contribution in [0.15, 0.2) is 6.07 Å². The molecule has 3 N–H and O–H groups in total. The fourth-order valence-electron chi connectivity index (χ4n) is 2.24. The lowest BCUT2D eigenvalue weighted by molar-refractivity contribution is 0.138. The third-order valence-electron chi connectivity index (χ3n) is 3.72. The van der Waals surface area contributed by atoms with Gasteiger partial charge in [0.05, 0.1) is 0 Å². The van der Waals surface area contributed by atoms with Crippen molar-refractivity contribution in [1.82, 2.24) is 14.9 Å². The molecule has 1 aliphatic heterocycles. The summed E-state index contributed by atoms with van der Waals surface area (Å²) in [4.78, 5) is 13.4. The van der Waals surface area contributed by atoms with Gasteiger partial charge in [-0.15, -0.1) is 0 Å². The smallest absolute Gasteiger partial charge is 0.226 e. The lowest BCUT2D eigenvalue weighted by atomic mass is 10.00. The summed E-state index contributed by atoms with van der Waals surface area (Å²) in [6.45, 7) is 9.05. The van der Waals surface area contributed by atoms with E-state index >= 15 is 0 Å². The minimum absolute atomic E-state index is 0.0138. The Hall–Kier alpha value is -1.69. The van der Waals surface area contributed by atoms with E-state index in [1.165, 1.54) is 0 Å². The van der Waals surface area contributed by atoms with E-state index in [9.17, 15) is 0 Å². The molecule has 0 saturated carbocycles. The van der Waals surface area contributed by atoms with Crippen molar-refractivity contribution >= 4 is 11.8 Å². The number of nitrogens with zero attached hydrogens (tertiary/aromatic N) is 4. The molecule has 0 bridgehead atoms. The van der Waals surface area contributed by atoms with Crippen LogP contribution in [0.2, 0.25) is 0 Å². The van der Waals surface area contributed by atoms with Gasteiger partial charge in [0.15, 0.2) is 0 Å². The van der Waals surface area contributed by atoms with E-state index in [2.05, 4.69) is 40.7 Å². The summed E-state index contributed by atoms with van der Waals surface area (Å²) in [5, 5.41) is 7.51. The third-order valence-corrected chi connectivity index (χ3v) is 3.72. The van der Waals surface area contributed by atoms with Crippen LogP contribution >= 0.6 is 0 Å². The Labute approximate surface area is 114 Å². The summed E-state index contributed by atoms with van der Waals surface area (Å²) in [7, 11) is 2.13. The molecule has 6 heteroatoms. The average molecular weight is 262 g/mol.